The summed E-state index contributed by atoms with van der Waals surface area (Å²) in [6.45, 7) is 3.68. The summed E-state index contributed by atoms with van der Waals surface area (Å²) in [5.41, 5.74) is 3.87. The van der Waals surface area contributed by atoms with Gasteiger partial charge in [0.2, 0.25) is 0 Å². The molecule has 2 saturated carbocycles. The average Bonchev–Trinajstić information content (AvgIpc) is 3.60. The summed E-state index contributed by atoms with van der Waals surface area (Å²) >= 11 is 0. The Morgan fingerprint density at radius 1 is 1.23 bits per heavy atom. The number of fused-ring (bicyclic) bond motifs is 1. The van der Waals surface area contributed by atoms with Crippen molar-refractivity contribution in [2.75, 3.05) is 0 Å². The number of nitrogens with zero attached hydrogens (tertiary/aromatic N) is 3. The van der Waals surface area contributed by atoms with Crippen molar-refractivity contribution in [2.45, 2.75) is 76.1 Å². The monoisotopic (exact) mass is 423 g/mol. The molecule has 1 saturated heterocycles. The first kappa shape index (κ1) is 19.0. The summed E-state index contributed by atoms with van der Waals surface area (Å²) in [5.74, 6) is 1.35. The number of hydrogen-bond donors (Lipinski definition) is 2. The van der Waals surface area contributed by atoms with Crippen LogP contribution in [0.1, 0.15) is 73.4 Å². The quantitative estimate of drug-likeness (QED) is 0.637. The first-order valence-electron chi connectivity index (χ1n) is 11.0. The van der Waals surface area contributed by atoms with Crippen molar-refractivity contribution in [3.63, 3.8) is 0 Å². The zero-order chi connectivity index (χ0) is 21.5. The molecule has 2 atom stereocenters. The molecule has 0 radical (unpaired) electrons. The molecule has 3 aliphatic rings. The minimum absolute atomic E-state index is 0.0520. The third kappa shape index (κ3) is 2.92. The lowest BCUT2D eigenvalue weighted by Gasteiger charge is -2.20. The minimum atomic E-state index is -1.06. The molecule has 3 heterocycles. The van der Waals surface area contributed by atoms with Crippen LogP contribution in [-0.4, -0.2) is 42.7 Å². The zero-order valence-electron chi connectivity index (χ0n) is 17.6. The number of rotatable bonds is 4. The number of carbonyl (C=O) groups is 1. The highest BCUT2D eigenvalue weighted by atomic mass is 16.5. The van der Waals surface area contributed by atoms with Gasteiger partial charge >= 0.3 is 6.09 Å². The van der Waals surface area contributed by atoms with Gasteiger partial charge in [0.15, 0.2) is 0 Å². The summed E-state index contributed by atoms with van der Waals surface area (Å²) in [5, 5.41) is 25.4. The van der Waals surface area contributed by atoms with E-state index in [4.69, 9.17) is 14.2 Å². The molecule has 31 heavy (non-hydrogen) atoms. The Kier molecular flexibility index (Phi) is 3.92. The number of aliphatic hydroxyl groups excluding tert-OH is 1. The molecule has 2 N–H and O–H groups in total. The van der Waals surface area contributed by atoms with E-state index in [2.05, 4.69) is 5.16 Å². The topological polar surface area (TPSA) is 111 Å². The highest BCUT2D eigenvalue weighted by molar-refractivity contribution is 5.93. The van der Waals surface area contributed by atoms with Crippen molar-refractivity contribution >= 4 is 17.1 Å². The van der Waals surface area contributed by atoms with E-state index in [1.165, 1.54) is 4.57 Å². The van der Waals surface area contributed by atoms with Gasteiger partial charge in [0.05, 0.1) is 28.4 Å². The van der Waals surface area contributed by atoms with Crippen molar-refractivity contribution in [1.82, 2.24) is 14.7 Å². The van der Waals surface area contributed by atoms with E-state index < -0.39 is 12.2 Å². The molecule has 1 spiro atoms. The maximum Gasteiger partial charge on any atom is 0.417 e. The molecule has 3 aromatic rings. The Balaban J connectivity index is 1.57. The molecule has 0 bridgehead atoms. The molecule has 8 heteroatoms. The predicted octanol–water partition coefficient (Wildman–Crippen LogP) is 4.46. The molecule has 2 aliphatic carbocycles. The lowest BCUT2D eigenvalue weighted by atomic mass is 9.95. The van der Waals surface area contributed by atoms with Gasteiger partial charge in [-0.25, -0.2) is 14.3 Å². The third-order valence-electron chi connectivity index (χ3n) is 7.04. The number of aliphatic hydroxyl groups is 1. The zero-order valence-corrected chi connectivity index (χ0v) is 17.6. The molecule has 1 aromatic carbocycles. The highest BCUT2D eigenvalue weighted by Crippen LogP contribution is 2.52. The van der Waals surface area contributed by atoms with Crippen LogP contribution in [0.4, 0.5) is 4.79 Å². The second-order valence-corrected chi connectivity index (χ2v) is 9.32. The van der Waals surface area contributed by atoms with Gasteiger partial charge in [0.1, 0.15) is 17.7 Å². The van der Waals surface area contributed by atoms with Crippen molar-refractivity contribution < 1.29 is 24.3 Å². The van der Waals surface area contributed by atoms with Gasteiger partial charge in [-0.2, -0.15) is 0 Å². The van der Waals surface area contributed by atoms with E-state index in [-0.39, 0.29) is 17.6 Å². The van der Waals surface area contributed by atoms with E-state index in [1.54, 1.807) is 0 Å². The van der Waals surface area contributed by atoms with Gasteiger partial charge in [-0.05, 0) is 70.1 Å². The van der Waals surface area contributed by atoms with E-state index in [1.807, 2.05) is 26.0 Å². The number of hydrogen-bond acceptors (Lipinski definition) is 6. The summed E-state index contributed by atoms with van der Waals surface area (Å²) in [6, 6.07) is 3.72. The summed E-state index contributed by atoms with van der Waals surface area (Å²) in [6.07, 6.45) is 3.44. The molecule has 1 unspecified atom stereocenters. The number of imidazole rings is 1. The van der Waals surface area contributed by atoms with Gasteiger partial charge in [0.25, 0.3) is 0 Å². The lowest BCUT2D eigenvalue weighted by Crippen LogP contribution is -2.20. The van der Waals surface area contributed by atoms with Crippen LogP contribution >= 0.6 is 0 Å². The molecular weight excluding hydrogens is 398 g/mol. The Bertz CT molecular complexity index is 1200. The number of aromatic nitrogens is 3. The molecule has 162 valence electrons. The standard InChI is InChI=1S/C23H25N3O5/c1-11-18(12(2)31-25-11)14-9-15(20(27)17-5-6-23(30-17)7-8-23)19-16(10-14)26(22(28)29)21(24-19)13-3-4-13/h9-10,13,17,20,27H,3-8H2,1-2H3,(H,28,29)/t17-,20?/m1/s1. The largest absolute Gasteiger partial charge is 0.464 e. The van der Waals surface area contributed by atoms with E-state index in [9.17, 15) is 15.0 Å². The summed E-state index contributed by atoms with van der Waals surface area (Å²) in [4.78, 5) is 16.9. The smallest absolute Gasteiger partial charge is 0.417 e. The molecule has 8 nitrogen and oxygen atoms in total. The summed E-state index contributed by atoms with van der Waals surface area (Å²) < 4.78 is 12.8. The van der Waals surface area contributed by atoms with Gasteiger partial charge in [-0.1, -0.05) is 5.16 Å². The minimum Gasteiger partial charge on any atom is -0.464 e. The fraction of sp³-hybridized carbons (Fsp3) is 0.522. The fourth-order valence-electron chi connectivity index (χ4n) is 5.08. The van der Waals surface area contributed by atoms with Crippen molar-refractivity contribution in [3.8, 4) is 11.1 Å². The molecular formula is C23H25N3O5. The molecule has 3 fully saturated rings. The molecule has 6 rings (SSSR count). The van der Waals surface area contributed by atoms with Crippen molar-refractivity contribution in [2.24, 2.45) is 0 Å². The van der Waals surface area contributed by atoms with Crippen LogP contribution in [0, 0.1) is 13.8 Å². The van der Waals surface area contributed by atoms with Crippen LogP contribution < -0.4 is 0 Å². The van der Waals surface area contributed by atoms with E-state index in [0.29, 0.717) is 28.2 Å². The second kappa shape index (κ2) is 6.40. The van der Waals surface area contributed by atoms with E-state index >= 15 is 0 Å². The first-order valence-corrected chi connectivity index (χ1v) is 11.0. The van der Waals surface area contributed by atoms with Crippen molar-refractivity contribution in [3.05, 3.63) is 35.0 Å². The van der Waals surface area contributed by atoms with Gasteiger partial charge in [-0.3, -0.25) is 0 Å². The van der Waals surface area contributed by atoms with Gasteiger partial charge < -0.3 is 19.5 Å². The second-order valence-electron chi connectivity index (χ2n) is 9.32. The number of carboxylic acid groups (broad SMARTS) is 1. The maximum absolute atomic E-state index is 12.2. The van der Waals surface area contributed by atoms with Crippen LogP contribution in [0.5, 0.6) is 0 Å². The number of benzene rings is 1. The molecule has 0 amide bonds. The molecule has 1 aliphatic heterocycles. The first-order chi connectivity index (χ1) is 14.9. The average molecular weight is 423 g/mol. The molecule has 2 aromatic heterocycles. The van der Waals surface area contributed by atoms with Crippen LogP contribution in [0.15, 0.2) is 16.7 Å². The van der Waals surface area contributed by atoms with Gasteiger partial charge in [0, 0.05) is 17.0 Å². The number of aryl methyl sites for hydroxylation is 2. The normalized spacial score (nSPS) is 23.0. The fourth-order valence-corrected chi connectivity index (χ4v) is 5.08. The predicted molar refractivity (Wildman–Crippen MR) is 111 cm³/mol. The summed E-state index contributed by atoms with van der Waals surface area (Å²) in [7, 11) is 0. The van der Waals surface area contributed by atoms with E-state index in [0.717, 1.165) is 55.3 Å². The van der Waals surface area contributed by atoms with Crippen molar-refractivity contribution in [1.29, 1.82) is 0 Å². The van der Waals surface area contributed by atoms with Gasteiger partial charge in [-0.15, -0.1) is 0 Å². The van der Waals surface area contributed by atoms with Crippen LogP contribution in [0.3, 0.4) is 0 Å². The lowest BCUT2D eigenvalue weighted by molar-refractivity contribution is -0.0452. The van der Waals surface area contributed by atoms with Crippen LogP contribution in [0.2, 0.25) is 0 Å². The third-order valence-corrected chi connectivity index (χ3v) is 7.04. The maximum atomic E-state index is 12.2. The highest BCUT2D eigenvalue weighted by Gasteiger charge is 2.51. The SMILES string of the molecule is Cc1noc(C)c1-c1cc(C(O)[C@H]2CCC3(CC3)O2)c2nc(C3CC3)n(C(=O)O)c2c1. The Morgan fingerprint density at radius 2 is 2.00 bits per heavy atom. The van der Waals surface area contributed by atoms with Crippen LogP contribution in [0.25, 0.3) is 22.2 Å². The van der Waals surface area contributed by atoms with Crippen LogP contribution in [-0.2, 0) is 4.74 Å². The number of ether oxygens (including phenoxy) is 1. The Labute approximate surface area is 178 Å². The Morgan fingerprint density at radius 3 is 2.58 bits per heavy atom. The Hall–Kier alpha value is -2.71.